The van der Waals surface area contributed by atoms with E-state index in [4.69, 9.17) is 4.74 Å². The molecule has 0 saturated heterocycles. The van der Waals surface area contributed by atoms with Crippen LogP contribution in [0.1, 0.15) is 33.4 Å². The lowest BCUT2D eigenvalue weighted by molar-refractivity contribution is 0.0954. The third-order valence-corrected chi connectivity index (χ3v) is 4.49. The number of nitrogens with zero attached hydrogens (tertiary/aromatic N) is 2. The highest BCUT2D eigenvalue weighted by atomic mass is 32.1. The Bertz CT molecular complexity index is 816. The Morgan fingerprint density at radius 2 is 1.84 bits per heavy atom. The zero-order chi connectivity index (χ0) is 17.5. The molecule has 3 rings (SSSR count). The van der Waals surface area contributed by atoms with Crippen molar-refractivity contribution >= 4 is 17.4 Å². The average Bonchev–Trinajstić information content (AvgIpc) is 3.15. The summed E-state index contributed by atoms with van der Waals surface area (Å²) in [6.45, 7) is 2.95. The summed E-state index contributed by atoms with van der Waals surface area (Å²) in [6, 6.07) is 17.8. The molecule has 0 spiro atoms. The molecule has 6 heteroatoms. The molecule has 0 fully saturated rings. The van der Waals surface area contributed by atoms with Gasteiger partial charge in [-0.25, -0.2) is 0 Å². The second-order valence-corrected chi connectivity index (χ2v) is 6.26. The molecule has 0 atom stereocenters. The van der Waals surface area contributed by atoms with Crippen LogP contribution in [0.2, 0.25) is 0 Å². The Balaban J connectivity index is 1.51. The van der Waals surface area contributed by atoms with Gasteiger partial charge in [0, 0.05) is 6.54 Å². The van der Waals surface area contributed by atoms with Gasteiger partial charge in [-0.05, 0) is 41.2 Å². The zero-order valence-electron chi connectivity index (χ0n) is 13.9. The second-order valence-electron chi connectivity index (χ2n) is 5.50. The van der Waals surface area contributed by atoms with Crippen LogP contribution < -0.4 is 10.1 Å². The number of aromatic nitrogens is 2. The first kappa shape index (κ1) is 17.1. The molecule has 128 valence electrons. The number of aryl methyl sites for hydroxylation is 1. The maximum absolute atomic E-state index is 12.2. The Morgan fingerprint density at radius 3 is 2.56 bits per heavy atom. The van der Waals surface area contributed by atoms with Crippen LogP contribution in [0.15, 0.2) is 54.6 Å². The van der Waals surface area contributed by atoms with Gasteiger partial charge in [0.05, 0.1) is 5.69 Å². The molecule has 2 aromatic carbocycles. The van der Waals surface area contributed by atoms with Crippen molar-refractivity contribution in [2.45, 2.75) is 26.5 Å². The van der Waals surface area contributed by atoms with E-state index in [-0.39, 0.29) is 5.91 Å². The van der Waals surface area contributed by atoms with Crippen molar-refractivity contribution in [1.82, 2.24) is 14.9 Å². The van der Waals surface area contributed by atoms with Gasteiger partial charge >= 0.3 is 0 Å². The van der Waals surface area contributed by atoms with Gasteiger partial charge in [0.1, 0.15) is 17.2 Å². The van der Waals surface area contributed by atoms with Crippen LogP contribution in [0.25, 0.3) is 0 Å². The SMILES string of the molecule is CCc1nnsc1C(=O)NCc1ccc(OCc2ccccc2)cc1. The Hall–Kier alpha value is -2.73. The summed E-state index contributed by atoms with van der Waals surface area (Å²) in [7, 11) is 0. The molecule has 0 saturated carbocycles. The maximum Gasteiger partial charge on any atom is 0.265 e. The number of carbonyl (C=O) groups is 1. The molecule has 25 heavy (non-hydrogen) atoms. The van der Waals surface area contributed by atoms with E-state index in [0.717, 1.165) is 34.1 Å². The molecule has 1 N–H and O–H groups in total. The molecule has 0 aliphatic carbocycles. The van der Waals surface area contributed by atoms with E-state index < -0.39 is 0 Å². The smallest absolute Gasteiger partial charge is 0.265 e. The summed E-state index contributed by atoms with van der Waals surface area (Å²) in [4.78, 5) is 12.8. The third-order valence-electron chi connectivity index (χ3n) is 3.72. The van der Waals surface area contributed by atoms with E-state index in [2.05, 4.69) is 14.9 Å². The predicted octanol–water partition coefficient (Wildman–Crippen LogP) is 3.61. The minimum Gasteiger partial charge on any atom is -0.489 e. The van der Waals surface area contributed by atoms with Crippen LogP contribution in [0.3, 0.4) is 0 Å². The highest BCUT2D eigenvalue weighted by molar-refractivity contribution is 7.08. The van der Waals surface area contributed by atoms with E-state index in [1.54, 1.807) is 0 Å². The first-order chi connectivity index (χ1) is 12.3. The van der Waals surface area contributed by atoms with Gasteiger partial charge in [0.25, 0.3) is 5.91 Å². The van der Waals surface area contributed by atoms with Crippen LogP contribution in [-0.4, -0.2) is 15.5 Å². The van der Waals surface area contributed by atoms with Crippen molar-refractivity contribution in [2.24, 2.45) is 0 Å². The van der Waals surface area contributed by atoms with Crippen LogP contribution >= 0.6 is 11.5 Å². The van der Waals surface area contributed by atoms with Gasteiger partial charge in [-0.2, -0.15) is 0 Å². The van der Waals surface area contributed by atoms with Gasteiger partial charge in [-0.3, -0.25) is 4.79 Å². The Labute approximate surface area is 150 Å². The van der Waals surface area contributed by atoms with Gasteiger partial charge in [-0.15, -0.1) is 5.10 Å². The Kier molecular flexibility index (Phi) is 5.74. The van der Waals surface area contributed by atoms with Crippen molar-refractivity contribution < 1.29 is 9.53 Å². The number of ether oxygens (including phenoxy) is 1. The van der Waals surface area contributed by atoms with Crippen LogP contribution in [-0.2, 0) is 19.6 Å². The topological polar surface area (TPSA) is 64.1 Å². The maximum atomic E-state index is 12.2. The first-order valence-electron chi connectivity index (χ1n) is 8.11. The van der Waals surface area contributed by atoms with Crippen molar-refractivity contribution in [3.05, 3.63) is 76.3 Å². The highest BCUT2D eigenvalue weighted by Gasteiger charge is 2.14. The summed E-state index contributed by atoms with van der Waals surface area (Å²) in [5, 5.41) is 6.86. The molecule has 5 nitrogen and oxygen atoms in total. The Morgan fingerprint density at radius 1 is 1.08 bits per heavy atom. The van der Waals surface area contributed by atoms with E-state index in [0.29, 0.717) is 24.4 Å². The molecule has 1 heterocycles. The van der Waals surface area contributed by atoms with Crippen LogP contribution in [0.4, 0.5) is 0 Å². The summed E-state index contributed by atoms with van der Waals surface area (Å²) in [5.74, 6) is 0.676. The van der Waals surface area contributed by atoms with E-state index in [1.165, 1.54) is 0 Å². The lowest BCUT2D eigenvalue weighted by atomic mass is 10.2. The summed E-state index contributed by atoms with van der Waals surface area (Å²) >= 11 is 1.13. The number of benzene rings is 2. The minimum atomic E-state index is -0.128. The molecule has 0 bridgehead atoms. The summed E-state index contributed by atoms with van der Waals surface area (Å²) in [6.07, 6.45) is 0.701. The van der Waals surface area contributed by atoms with E-state index in [1.807, 2.05) is 61.5 Å². The lowest BCUT2D eigenvalue weighted by Gasteiger charge is -2.08. The second kappa shape index (κ2) is 8.39. The molecule has 0 radical (unpaired) electrons. The molecule has 1 amide bonds. The molecule has 0 unspecified atom stereocenters. The predicted molar refractivity (Wildman–Crippen MR) is 97.7 cm³/mol. The van der Waals surface area contributed by atoms with E-state index >= 15 is 0 Å². The fraction of sp³-hybridized carbons (Fsp3) is 0.211. The standard InChI is InChI=1S/C19H19N3O2S/c1-2-17-18(25-22-21-17)19(23)20-12-14-8-10-16(11-9-14)24-13-15-6-4-3-5-7-15/h3-11H,2,12-13H2,1H3,(H,20,23). The molecule has 0 aliphatic rings. The average molecular weight is 353 g/mol. The van der Waals surface area contributed by atoms with Crippen molar-refractivity contribution in [3.63, 3.8) is 0 Å². The van der Waals surface area contributed by atoms with Gasteiger partial charge in [-0.1, -0.05) is 53.9 Å². The quantitative estimate of drug-likeness (QED) is 0.705. The van der Waals surface area contributed by atoms with Gasteiger partial charge in [0.2, 0.25) is 0 Å². The normalized spacial score (nSPS) is 10.4. The fourth-order valence-electron chi connectivity index (χ4n) is 2.32. The largest absolute Gasteiger partial charge is 0.489 e. The lowest BCUT2D eigenvalue weighted by Crippen LogP contribution is -2.22. The van der Waals surface area contributed by atoms with Gasteiger partial charge in [0.15, 0.2) is 0 Å². The van der Waals surface area contributed by atoms with Crippen molar-refractivity contribution in [1.29, 1.82) is 0 Å². The van der Waals surface area contributed by atoms with Crippen LogP contribution in [0, 0.1) is 0 Å². The number of hydrogen-bond donors (Lipinski definition) is 1. The number of amides is 1. The van der Waals surface area contributed by atoms with Crippen molar-refractivity contribution in [3.8, 4) is 5.75 Å². The molecule has 0 aliphatic heterocycles. The number of carbonyl (C=O) groups excluding carboxylic acids is 1. The number of hydrogen-bond acceptors (Lipinski definition) is 5. The third kappa shape index (κ3) is 4.64. The minimum absolute atomic E-state index is 0.128. The van der Waals surface area contributed by atoms with Crippen LogP contribution in [0.5, 0.6) is 5.75 Å². The fourth-order valence-corrected chi connectivity index (χ4v) is 2.99. The molecular weight excluding hydrogens is 334 g/mol. The van der Waals surface area contributed by atoms with E-state index in [9.17, 15) is 4.79 Å². The monoisotopic (exact) mass is 353 g/mol. The highest BCUT2D eigenvalue weighted by Crippen LogP contribution is 2.15. The summed E-state index contributed by atoms with van der Waals surface area (Å²) < 4.78 is 9.60. The number of rotatable bonds is 7. The van der Waals surface area contributed by atoms with Gasteiger partial charge < -0.3 is 10.1 Å². The first-order valence-corrected chi connectivity index (χ1v) is 8.88. The molecule has 3 aromatic rings. The molecular formula is C19H19N3O2S. The summed E-state index contributed by atoms with van der Waals surface area (Å²) in [5.41, 5.74) is 2.88. The molecule has 1 aromatic heterocycles. The zero-order valence-corrected chi connectivity index (χ0v) is 14.8. The van der Waals surface area contributed by atoms with Crippen molar-refractivity contribution in [2.75, 3.05) is 0 Å². The number of nitrogens with one attached hydrogen (secondary N) is 1.